The summed E-state index contributed by atoms with van der Waals surface area (Å²) in [6, 6.07) is 57.2. The quantitative estimate of drug-likeness (QED) is 0.192. The van der Waals surface area contributed by atoms with Crippen molar-refractivity contribution in [2.45, 2.75) is 0 Å². The second-order valence-corrected chi connectivity index (χ2v) is 12.9. The molecule has 0 atom stereocenters. The van der Waals surface area contributed by atoms with Crippen LogP contribution in [-0.2, 0) is 0 Å². The summed E-state index contributed by atoms with van der Waals surface area (Å²) in [7, 11) is 0. The molecule has 0 fully saturated rings. The van der Waals surface area contributed by atoms with Gasteiger partial charge in [0, 0.05) is 38.0 Å². The molecule has 11 rings (SSSR count). The van der Waals surface area contributed by atoms with Crippen molar-refractivity contribution in [1.29, 1.82) is 0 Å². The van der Waals surface area contributed by atoms with Gasteiger partial charge in [-0.2, -0.15) is 0 Å². The molecule has 3 aromatic heterocycles. The van der Waals surface area contributed by atoms with Crippen LogP contribution in [0.25, 0.3) is 87.7 Å². The molecule has 8 aromatic carbocycles. The van der Waals surface area contributed by atoms with Gasteiger partial charge in [0.05, 0.1) is 16.8 Å². The Kier molecular flexibility index (Phi) is 5.63. The van der Waals surface area contributed by atoms with Crippen LogP contribution in [0.15, 0.2) is 177 Å². The topological polar surface area (TPSA) is 42.7 Å². The van der Waals surface area contributed by atoms with Crippen molar-refractivity contribution >= 4 is 93.7 Å². The fraction of sp³-hybridized carbons (Fsp3) is 0. The molecule has 4 nitrogen and oxygen atoms in total. The second kappa shape index (κ2) is 10.4. The van der Waals surface area contributed by atoms with Gasteiger partial charge in [-0.15, -0.1) is 0 Å². The predicted molar refractivity (Wildman–Crippen MR) is 206 cm³/mol. The van der Waals surface area contributed by atoms with Gasteiger partial charge in [-0.05, 0) is 77.2 Å². The molecule has 0 aliphatic heterocycles. The average molecular weight is 642 g/mol. The molecule has 0 aliphatic carbocycles. The number of furan rings is 3. The summed E-state index contributed by atoms with van der Waals surface area (Å²) < 4.78 is 19.4. The zero-order valence-electron chi connectivity index (χ0n) is 26.8. The highest BCUT2D eigenvalue weighted by atomic mass is 16.3. The largest absolute Gasteiger partial charge is 0.456 e. The van der Waals surface area contributed by atoms with E-state index < -0.39 is 0 Å². The Morgan fingerprint density at radius 3 is 1.84 bits per heavy atom. The first kappa shape index (κ1) is 27.2. The molecule has 0 saturated carbocycles. The standard InChI is InChI=1S/C46H27NO3/c1-2-10-32-29(9-1)21-25-35-34-13-7-15-39(46(34)50-45(32)35)47(38-14-8-18-43-44(38)36-12-4-6-17-41(36)49-43)31-23-19-28(20-24-31)30-22-26-42-37(27-30)33-11-3-5-16-40(33)48-42/h1-27H. The molecule has 0 aliphatic rings. The van der Waals surface area contributed by atoms with Crippen molar-refractivity contribution in [3.05, 3.63) is 164 Å². The highest BCUT2D eigenvalue weighted by Gasteiger charge is 2.23. The Morgan fingerprint density at radius 2 is 0.960 bits per heavy atom. The lowest BCUT2D eigenvalue weighted by molar-refractivity contribution is 0.668. The summed E-state index contributed by atoms with van der Waals surface area (Å²) in [5.41, 5.74) is 10.5. The van der Waals surface area contributed by atoms with Crippen LogP contribution in [0, 0.1) is 0 Å². The first-order valence-electron chi connectivity index (χ1n) is 16.8. The predicted octanol–water partition coefficient (Wildman–Crippen LogP) is 13.7. The van der Waals surface area contributed by atoms with Crippen molar-refractivity contribution in [2.24, 2.45) is 0 Å². The van der Waals surface area contributed by atoms with E-state index in [4.69, 9.17) is 13.3 Å². The monoisotopic (exact) mass is 641 g/mol. The fourth-order valence-electron chi connectivity index (χ4n) is 7.75. The minimum absolute atomic E-state index is 0.838. The highest BCUT2D eigenvalue weighted by Crippen LogP contribution is 2.47. The third kappa shape index (κ3) is 3.93. The third-order valence-electron chi connectivity index (χ3n) is 10.1. The first-order valence-corrected chi connectivity index (χ1v) is 16.8. The summed E-state index contributed by atoms with van der Waals surface area (Å²) >= 11 is 0. The van der Waals surface area contributed by atoms with Crippen LogP contribution < -0.4 is 4.90 Å². The lowest BCUT2D eigenvalue weighted by Crippen LogP contribution is -2.10. The summed E-state index contributed by atoms with van der Waals surface area (Å²) in [6.07, 6.45) is 0. The van der Waals surface area contributed by atoms with Gasteiger partial charge in [0.15, 0.2) is 5.58 Å². The van der Waals surface area contributed by atoms with Crippen LogP contribution in [0.5, 0.6) is 0 Å². The molecule has 234 valence electrons. The average Bonchev–Trinajstić information content (AvgIpc) is 3.87. The van der Waals surface area contributed by atoms with Crippen LogP contribution in [0.2, 0.25) is 0 Å². The molecule has 4 heteroatoms. The van der Waals surface area contributed by atoms with E-state index in [9.17, 15) is 0 Å². The lowest BCUT2D eigenvalue weighted by Gasteiger charge is -2.26. The number of nitrogens with zero attached hydrogens (tertiary/aromatic N) is 1. The summed E-state index contributed by atoms with van der Waals surface area (Å²) in [5.74, 6) is 0. The lowest BCUT2D eigenvalue weighted by atomic mass is 10.0. The van der Waals surface area contributed by atoms with E-state index in [-0.39, 0.29) is 0 Å². The molecule has 11 aromatic rings. The number of fused-ring (bicyclic) bond motifs is 11. The Morgan fingerprint density at radius 1 is 0.340 bits per heavy atom. The van der Waals surface area contributed by atoms with E-state index in [1.807, 2.05) is 30.3 Å². The van der Waals surface area contributed by atoms with Crippen molar-refractivity contribution in [3.63, 3.8) is 0 Å². The fourth-order valence-corrected chi connectivity index (χ4v) is 7.75. The SMILES string of the molecule is c1ccc2c(c1)ccc1c3cccc(N(c4ccc(-c5ccc6oc7ccccc7c6c5)cc4)c4cccc5oc6ccccc6c45)c3oc21. The smallest absolute Gasteiger partial charge is 0.159 e. The maximum atomic E-state index is 6.89. The summed E-state index contributed by atoms with van der Waals surface area (Å²) in [5, 5.41) is 8.81. The van der Waals surface area contributed by atoms with E-state index in [1.165, 1.54) is 0 Å². The number of rotatable bonds is 4. The van der Waals surface area contributed by atoms with Crippen LogP contribution in [0.4, 0.5) is 17.1 Å². The molecule has 0 N–H and O–H groups in total. The van der Waals surface area contributed by atoms with E-state index in [2.05, 4.69) is 138 Å². The number of para-hydroxylation sites is 3. The zero-order chi connectivity index (χ0) is 32.8. The molecule has 3 heterocycles. The molecule has 50 heavy (non-hydrogen) atoms. The minimum atomic E-state index is 0.838. The van der Waals surface area contributed by atoms with Gasteiger partial charge in [-0.1, -0.05) is 103 Å². The number of benzene rings is 8. The van der Waals surface area contributed by atoms with E-state index >= 15 is 0 Å². The maximum absolute atomic E-state index is 6.89. The van der Waals surface area contributed by atoms with Gasteiger partial charge in [0.25, 0.3) is 0 Å². The Labute approximate surface area is 286 Å². The van der Waals surface area contributed by atoms with Gasteiger partial charge in [0.2, 0.25) is 0 Å². The van der Waals surface area contributed by atoms with Crippen LogP contribution >= 0.6 is 0 Å². The van der Waals surface area contributed by atoms with Crippen molar-refractivity contribution in [3.8, 4) is 11.1 Å². The molecule has 0 bridgehead atoms. The molecular weight excluding hydrogens is 615 g/mol. The zero-order valence-corrected chi connectivity index (χ0v) is 26.8. The van der Waals surface area contributed by atoms with Gasteiger partial charge < -0.3 is 18.2 Å². The van der Waals surface area contributed by atoms with Crippen LogP contribution in [-0.4, -0.2) is 0 Å². The van der Waals surface area contributed by atoms with Crippen molar-refractivity contribution in [2.75, 3.05) is 4.90 Å². The molecule has 0 radical (unpaired) electrons. The number of hydrogen-bond acceptors (Lipinski definition) is 4. The third-order valence-corrected chi connectivity index (χ3v) is 10.1. The van der Waals surface area contributed by atoms with Crippen LogP contribution in [0.1, 0.15) is 0 Å². The first-order chi connectivity index (χ1) is 24.8. The number of hydrogen-bond donors (Lipinski definition) is 0. The van der Waals surface area contributed by atoms with Gasteiger partial charge in [-0.25, -0.2) is 0 Å². The van der Waals surface area contributed by atoms with E-state index in [0.717, 1.165) is 105 Å². The summed E-state index contributed by atoms with van der Waals surface area (Å²) in [6.45, 7) is 0. The summed E-state index contributed by atoms with van der Waals surface area (Å²) in [4.78, 5) is 2.31. The van der Waals surface area contributed by atoms with Gasteiger partial charge in [-0.3, -0.25) is 0 Å². The molecular formula is C46H27NO3. The van der Waals surface area contributed by atoms with Gasteiger partial charge >= 0.3 is 0 Å². The molecule has 0 spiro atoms. The molecule has 0 unspecified atom stereocenters. The Hall–Kier alpha value is -6.78. The van der Waals surface area contributed by atoms with E-state index in [0.29, 0.717) is 0 Å². The Balaban J connectivity index is 1.14. The molecule has 0 saturated heterocycles. The number of anilines is 3. The van der Waals surface area contributed by atoms with Gasteiger partial charge in [0.1, 0.15) is 27.9 Å². The van der Waals surface area contributed by atoms with E-state index in [1.54, 1.807) is 0 Å². The second-order valence-electron chi connectivity index (χ2n) is 12.9. The minimum Gasteiger partial charge on any atom is -0.456 e. The highest BCUT2D eigenvalue weighted by molar-refractivity contribution is 6.19. The van der Waals surface area contributed by atoms with Crippen molar-refractivity contribution < 1.29 is 13.3 Å². The van der Waals surface area contributed by atoms with Crippen LogP contribution in [0.3, 0.4) is 0 Å². The van der Waals surface area contributed by atoms with Crippen molar-refractivity contribution in [1.82, 2.24) is 0 Å². The Bertz CT molecular complexity index is 3110. The molecule has 0 amide bonds. The maximum Gasteiger partial charge on any atom is 0.159 e. The normalized spacial score (nSPS) is 12.0.